The van der Waals surface area contributed by atoms with Gasteiger partial charge in [0.15, 0.2) is 11.2 Å². The zero-order valence-corrected chi connectivity index (χ0v) is 11.4. The predicted molar refractivity (Wildman–Crippen MR) is 76.3 cm³/mol. The Bertz CT molecular complexity index is 722. The topological polar surface area (TPSA) is 98.8 Å². The predicted octanol–water partition coefficient (Wildman–Crippen LogP) is -0.767. The summed E-state index contributed by atoms with van der Waals surface area (Å²) < 4.78 is 1.51. The molecule has 108 valence electrons. The highest BCUT2D eigenvalue weighted by molar-refractivity contribution is 5.72. The van der Waals surface area contributed by atoms with Gasteiger partial charge in [0.2, 0.25) is 5.95 Å². The van der Waals surface area contributed by atoms with Gasteiger partial charge in [-0.2, -0.15) is 4.98 Å². The first kappa shape index (κ1) is 12.9. The molecule has 20 heavy (non-hydrogen) atoms. The molecule has 3 heterocycles. The Kier molecular flexibility index (Phi) is 3.31. The Morgan fingerprint density at radius 2 is 1.95 bits per heavy atom. The van der Waals surface area contributed by atoms with Crippen LogP contribution in [0, 0.1) is 0 Å². The first-order chi connectivity index (χ1) is 9.70. The van der Waals surface area contributed by atoms with E-state index in [1.165, 1.54) is 4.57 Å². The summed E-state index contributed by atoms with van der Waals surface area (Å²) in [6.07, 6.45) is 0.802. The third-order valence-electron chi connectivity index (χ3n) is 3.48. The second-order valence-electron chi connectivity index (χ2n) is 4.91. The van der Waals surface area contributed by atoms with Crippen LogP contribution in [-0.4, -0.2) is 45.7 Å². The molecule has 1 aliphatic heterocycles. The zero-order chi connectivity index (χ0) is 14.1. The molecule has 0 bridgehead atoms. The smallest absolute Gasteiger partial charge is 0.330 e. The second kappa shape index (κ2) is 5.12. The molecule has 0 spiro atoms. The number of imidazole rings is 1. The Labute approximate surface area is 114 Å². The van der Waals surface area contributed by atoms with E-state index >= 15 is 0 Å². The average Bonchev–Trinajstić information content (AvgIpc) is 2.90. The first-order valence-electron chi connectivity index (χ1n) is 6.89. The molecule has 3 N–H and O–H groups in total. The van der Waals surface area contributed by atoms with Crippen molar-refractivity contribution < 1.29 is 0 Å². The van der Waals surface area contributed by atoms with Crippen molar-refractivity contribution >= 4 is 17.1 Å². The standard InChI is InChI=1S/C12H18N6O2/c1-2-5-18-9-8(10(19)16-12(18)20)14-11(15-9)17-6-3-13-4-7-17/h13H,2-7H2,1H3,(H,14,15)(H,16,19,20). The molecule has 0 unspecified atom stereocenters. The molecule has 0 amide bonds. The molecule has 2 aromatic heterocycles. The highest BCUT2D eigenvalue weighted by atomic mass is 16.2. The number of rotatable bonds is 3. The number of H-pyrrole nitrogens is 2. The van der Waals surface area contributed by atoms with E-state index in [0.29, 0.717) is 23.7 Å². The lowest BCUT2D eigenvalue weighted by Crippen LogP contribution is -2.44. The van der Waals surface area contributed by atoms with Crippen molar-refractivity contribution in [1.29, 1.82) is 0 Å². The summed E-state index contributed by atoms with van der Waals surface area (Å²) in [6, 6.07) is 0. The van der Waals surface area contributed by atoms with Crippen LogP contribution in [0.1, 0.15) is 13.3 Å². The van der Waals surface area contributed by atoms with E-state index in [1.54, 1.807) is 0 Å². The van der Waals surface area contributed by atoms with Gasteiger partial charge in [-0.3, -0.25) is 14.3 Å². The van der Waals surface area contributed by atoms with Gasteiger partial charge in [0.25, 0.3) is 5.56 Å². The number of piperazine rings is 1. The van der Waals surface area contributed by atoms with Crippen LogP contribution < -0.4 is 21.5 Å². The monoisotopic (exact) mass is 278 g/mol. The lowest BCUT2D eigenvalue weighted by Gasteiger charge is -2.26. The molecule has 0 aliphatic carbocycles. The maximum absolute atomic E-state index is 11.9. The Hall–Kier alpha value is -2.09. The number of nitrogens with zero attached hydrogens (tertiary/aromatic N) is 3. The van der Waals surface area contributed by atoms with Crippen LogP contribution >= 0.6 is 0 Å². The third kappa shape index (κ3) is 2.11. The maximum Gasteiger partial charge on any atom is 0.330 e. The molecule has 1 aliphatic rings. The highest BCUT2D eigenvalue weighted by Gasteiger charge is 2.17. The van der Waals surface area contributed by atoms with Crippen molar-refractivity contribution in [1.82, 2.24) is 24.8 Å². The van der Waals surface area contributed by atoms with Gasteiger partial charge in [-0.1, -0.05) is 6.92 Å². The molecule has 0 saturated carbocycles. The van der Waals surface area contributed by atoms with Crippen molar-refractivity contribution in [2.45, 2.75) is 19.9 Å². The number of aromatic amines is 2. The fourth-order valence-corrected chi connectivity index (χ4v) is 2.49. The molecule has 1 saturated heterocycles. The van der Waals surface area contributed by atoms with Crippen LogP contribution in [0.4, 0.5) is 5.95 Å². The van der Waals surface area contributed by atoms with Crippen molar-refractivity contribution in [3.63, 3.8) is 0 Å². The van der Waals surface area contributed by atoms with Crippen LogP contribution in [0.15, 0.2) is 9.59 Å². The van der Waals surface area contributed by atoms with Crippen LogP contribution in [0.5, 0.6) is 0 Å². The summed E-state index contributed by atoms with van der Waals surface area (Å²) in [5.74, 6) is 0.655. The summed E-state index contributed by atoms with van der Waals surface area (Å²) in [5, 5.41) is 3.26. The van der Waals surface area contributed by atoms with Crippen molar-refractivity contribution in [3.8, 4) is 0 Å². The third-order valence-corrected chi connectivity index (χ3v) is 3.48. The molecule has 2 aromatic rings. The average molecular weight is 278 g/mol. The minimum atomic E-state index is -0.411. The van der Waals surface area contributed by atoms with Gasteiger partial charge in [0.1, 0.15) is 0 Å². The Morgan fingerprint density at radius 1 is 1.20 bits per heavy atom. The van der Waals surface area contributed by atoms with Crippen LogP contribution in [0.3, 0.4) is 0 Å². The molecule has 3 rings (SSSR count). The first-order valence-corrected chi connectivity index (χ1v) is 6.89. The van der Waals surface area contributed by atoms with Crippen molar-refractivity contribution in [3.05, 3.63) is 20.8 Å². The summed E-state index contributed by atoms with van der Waals surface area (Å²) in [6.45, 7) is 5.95. The number of aromatic nitrogens is 4. The summed E-state index contributed by atoms with van der Waals surface area (Å²) in [4.78, 5) is 35.7. The molecule has 0 atom stereocenters. The van der Waals surface area contributed by atoms with Gasteiger partial charge in [-0.15, -0.1) is 0 Å². The molecule has 0 radical (unpaired) electrons. The number of hydrogen-bond donors (Lipinski definition) is 3. The van der Waals surface area contributed by atoms with Gasteiger partial charge < -0.3 is 15.2 Å². The van der Waals surface area contributed by atoms with Gasteiger partial charge in [0, 0.05) is 32.7 Å². The fraction of sp³-hybridized carbons (Fsp3) is 0.583. The van der Waals surface area contributed by atoms with Gasteiger partial charge in [-0.05, 0) is 6.42 Å². The largest absolute Gasteiger partial charge is 0.340 e. The number of anilines is 1. The van der Waals surface area contributed by atoms with Crippen LogP contribution in [0.25, 0.3) is 11.2 Å². The number of hydrogen-bond acceptors (Lipinski definition) is 5. The molecule has 8 nitrogen and oxygen atoms in total. The van der Waals surface area contributed by atoms with E-state index in [4.69, 9.17) is 0 Å². The van der Waals surface area contributed by atoms with Crippen LogP contribution in [0.2, 0.25) is 0 Å². The lowest BCUT2D eigenvalue weighted by molar-refractivity contribution is 0.581. The number of nitrogens with one attached hydrogen (secondary N) is 3. The van der Waals surface area contributed by atoms with E-state index in [9.17, 15) is 9.59 Å². The lowest BCUT2D eigenvalue weighted by atomic mass is 10.4. The fourth-order valence-electron chi connectivity index (χ4n) is 2.49. The summed E-state index contributed by atoms with van der Waals surface area (Å²) in [7, 11) is 0. The second-order valence-corrected chi connectivity index (χ2v) is 4.91. The summed E-state index contributed by atoms with van der Waals surface area (Å²) >= 11 is 0. The van der Waals surface area contributed by atoms with E-state index in [-0.39, 0.29) is 0 Å². The Morgan fingerprint density at radius 3 is 2.65 bits per heavy atom. The maximum atomic E-state index is 11.9. The van der Waals surface area contributed by atoms with E-state index < -0.39 is 11.2 Å². The molecular weight excluding hydrogens is 260 g/mol. The van der Waals surface area contributed by atoms with Gasteiger partial charge in [-0.25, -0.2) is 4.79 Å². The van der Waals surface area contributed by atoms with E-state index in [2.05, 4.69) is 25.2 Å². The minimum Gasteiger partial charge on any atom is -0.340 e. The molecular formula is C12H18N6O2. The quantitative estimate of drug-likeness (QED) is 0.685. The normalized spacial score (nSPS) is 15.9. The SMILES string of the molecule is CCCn1c(=O)[nH]c(=O)c2[nH]c(N3CCNCC3)nc21. The van der Waals surface area contributed by atoms with Gasteiger partial charge in [0.05, 0.1) is 0 Å². The molecule has 1 fully saturated rings. The Balaban J connectivity index is 2.13. The van der Waals surface area contributed by atoms with Gasteiger partial charge >= 0.3 is 5.69 Å². The van der Waals surface area contributed by atoms with Crippen molar-refractivity contribution in [2.24, 2.45) is 0 Å². The van der Waals surface area contributed by atoms with Crippen molar-refractivity contribution in [2.75, 3.05) is 31.1 Å². The summed E-state index contributed by atoms with van der Waals surface area (Å²) in [5.41, 5.74) is -0.00494. The molecule has 8 heteroatoms. The number of fused-ring (bicyclic) bond motifs is 1. The van der Waals surface area contributed by atoms with E-state index in [1.807, 2.05) is 6.92 Å². The highest BCUT2D eigenvalue weighted by Crippen LogP contribution is 2.14. The van der Waals surface area contributed by atoms with Crippen LogP contribution in [-0.2, 0) is 6.54 Å². The number of aryl methyl sites for hydroxylation is 1. The minimum absolute atomic E-state index is 0.367. The zero-order valence-electron chi connectivity index (χ0n) is 11.4. The molecule has 0 aromatic carbocycles. The van der Waals surface area contributed by atoms with E-state index in [0.717, 1.165) is 32.6 Å².